The zero-order valence-electron chi connectivity index (χ0n) is 31.6. The molecule has 4 aromatic rings. The van der Waals surface area contributed by atoms with E-state index >= 15 is 0 Å². The molecule has 0 aliphatic carbocycles. The monoisotopic (exact) mass is 799 g/mol. The fourth-order valence-corrected chi connectivity index (χ4v) is 6.91. The molecule has 56 heavy (non-hydrogen) atoms. The number of piperidine rings is 2. The van der Waals surface area contributed by atoms with Gasteiger partial charge in [0.25, 0.3) is 11.8 Å². The number of carbonyl (C=O) groups excluding carboxylic acids is 1. The number of alkyl halides is 4. The minimum Gasteiger partial charge on any atom is -0.480 e. The summed E-state index contributed by atoms with van der Waals surface area (Å²) < 4.78 is 56.3. The van der Waals surface area contributed by atoms with E-state index in [4.69, 9.17) is 16.1 Å². The average molecular weight is 800 g/mol. The topological polar surface area (TPSA) is 167 Å². The molecular weight excluding hydrogens is 754 g/mol. The molecule has 2 saturated heterocycles. The number of nitrogens with zero attached hydrogens (tertiary/aromatic N) is 8. The molecule has 6 rings (SSSR count). The van der Waals surface area contributed by atoms with Crippen LogP contribution in [0.15, 0.2) is 60.9 Å². The molecule has 17 heteroatoms. The number of carbonyl (C=O) groups is 2. The van der Waals surface area contributed by atoms with Gasteiger partial charge in [0.15, 0.2) is 0 Å². The van der Waals surface area contributed by atoms with E-state index in [1.165, 1.54) is 0 Å². The highest BCUT2D eigenvalue weighted by Gasteiger charge is 2.42. The Bertz CT molecular complexity index is 2070. The molecule has 0 spiro atoms. The second-order valence-corrected chi connectivity index (χ2v) is 14.4. The summed E-state index contributed by atoms with van der Waals surface area (Å²) in [5.74, 6) is -6.91. The van der Waals surface area contributed by atoms with E-state index in [1.807, 2.05) is 0 Å². The fourth-order valence-electron chi connectivity index (χ4n) is 6.91. The van der Waals surface area contributed by atoms with Crippen molar-refractivity contribution >= 4 is 57.3 Å². The number of ketones is 1. The predicted octanol–water partition coefficient (Wildman–Crippen LogP) is 5.42. The molecule has 0 saturated carbocycles. The van der Waals surface area contributed by atoms with Gasteiger partial charge in [0.2, 0.25) is 0 Å². The number of rotatable bonds is 8. The largest absolute Gasteiger partial charge is 0.480 e. The summed E-state index contributed by atoms with van der Waals surface area (Å²) in [6, 6.07) is 17.2. The predicted molar refractivity (Wildman–Crippen MR) is 210 cm³/mol. The van der Waals surface area contributed by atoms with Crippen LogP contribution in [0.3, 0.4) is 0 Å². The van der Waals surface area contributed by atoms with Crippen LogP contribution in [-0.4, -0.2) is 122 Å². The van der Waals surface area contributed by atoms with Crippen molar-refractivity contribution in [3.8, 4) is 12.1 Å². The van der Waals surface area contributed by atoms with Crippen molar-refractivity contribution in [2.75, 3.05) is 77.3 Å². The van der Waals surface area contributed by atoms with Gasteiger partial charge in [-0.25, -0.2) is 17.6 Å². The maximum absolute atomic E-state index is 14.4. The zero-order chi connectivity index (χ0) is 40.5. The number of carboxylic acid groups (broad SMARTS) is 1. The number of nitriles is 2. The highest BCUT2D eigenvalue weighted by Crippen LogP contribution is 2.38. The Balaban J connectivity index is 0.000000258. The Morgan fingerprint density at radius 1 is 0.804 bits per heavy atom. The van der Waals surface area contributed by atoms with E-state index in [1.54, 1.807) is 109 Å². The number of pyridine rings is 2. The molecule has 300 valence electrons. The van der Waals surface area contributed by atoms with Crippen molar-refractivity contribution in [1.82, 2.24) is 19.8 Å². The summed E-state index contributed by atoms with van der Waals surface area (Å²) in [5, 5.41) is 27.8. The molecule has 2 unspecified atom stereocenters. The van der Waals surface area contributed by atoms with Gasteiger partial charge in [0.1, 0.15) is 17.9 Å². The number of anilines is 2. The molecule has 2 aliphatic heterocycles. The van der Waals surface area contributed by atoms with Gasteiger partial charge in [-0.15, -0.1) is 12.4 Å². The third kappa shape index (κ3) is 12.4. The van der Waals surface area contributed by atoms with Gasteiger partial charge in [0, 0.05) is 72.9 Å². The minimum absolute atomic E-state index is 0. The number of likely N-dealkylation sites (N-methyl/N-ethyl adjacent to an activating group) is 2. The van der Waals surface area contributed by atoms with Gasteiger partial charge in [-0.05, 0) is 82.6 Å². The number of halogens is 5. The molecule has 2 aromatic heterocycles. The molecule has 12 nitrogen and oxygen atoms in total. The average Bonchev–Trinajstić information content (AvgIpc) is 3.08. The van der Waals surface area contributed by atoms with Crippen LogP contribution in [0.4, 0.5) is 28.9 Å². The lowest BCUT2D eigenvalue weighted by Crippen LogP contribution is -2.52. The van der Waals surface area contributed by atoms with E-state index in [-0.39, 0.29) is 57.1 Å². The first-order valence-corrected chi connectivity index (χ1v) is 17.5. The molecule has 2 atom stereocenters. The number of fused-ring (bicyclic) bond motifs is 2. The Hall–Kier alpha value is -5.13. The number of hydrogen-bond donors (Lipinski definition) is 2. The van der Waals surface area contributed by atoms with E-state index in [9.17, 15) is 32.4 Å². The molecule has 0 radical (unpaired) electrons. The van der Waals surface area contributed by atoms with E-state index in [0.717, 1.165) is 0 Å². The molecular formula is C39H46ClF4N9O3. The van der Waals surface area contributed by atoms with Gasteiger partial charge < -0.3 is 25.5 Å². The number of aromatic nitrogens is 2. The Morgan fingerprint density at radius 2 is 1.27 bits per heavy atom. The SMILES string of the molecule is CN(C)CC(=O)CC1CN(c2ccc(C#N)c3ncccc23)CC(F)(F)C1.CN(C)CC(=O)O.Cl.N#Cc1ccc(N2CC(N)CC(F)(F)C2)c2cccnc12. The van der Waals surface area contributed by atoms with Crippen molar-refractivity contribution in [3.05, 3.63) is 72.1 Å². The maximum atomic E-state index is 14.4. The van der Waals surface area contributed by atoms with Crippen LogP contribution in [0.2, 0.25) is 0 Å². The number of benzene rings is 2. The first-order valence-electron chi connectivity index (χ1n) is 17.5. The van der Waals surface area contributed by atoms with E-state index in [0.29, 0.717) is 57.4 Å². The lowest BCUT2D eigenvalue weighted by Gasteiger charge is -2.39. The second kappa shape index (κ2) is 19.6. The number of carboxylic acids is 1. The van der Waals surface area contributed by atoms with Crippen LogP contribution >= 0.6 is 12.4 Å². The summed E-state index contributed by atoms with van der Waals surface area (Å²) in [6.45, 7) is 0.347. The molecule has 2 fully saturated rings. The number of Topliss-reactive ketones (excluding diaryl/α,β-unsaturated/α-hetero) is 1. The zero-order valence-corrected chi connectivity index (χ0v) is 32.4. The standard InChI is InChI=1S/C20H22F2N4O.C15H14F2N4.C4H9NO2.ClH/c1-25(2)12-16(27)8-14-9-20(21,22)13-26(11-14)18-6-5-15(10-23)19-17(18)4-3-7-24-19;16-15(17)6-11(19)8-21(9-15)13-4-3-10(7-18)14-12(13)2-1-5-20-14;1-5(2)3-4(6)7;/h3-7,14H,8-9,11-13H2,1-2H3;1-5,11H,6,8-9,19H2;3H2,1-2H3,(H,6,7);1H. The smallest absolute Gasteiger partial charge is 0.317 e. The molecule has 0 amide bonds. The van der Waals surface area contributed by atoms with Crippen molar-refractivity contribution in [1.29, 1.82) is 10.5 Å². The van der Waals surface area contributed by atoms with Crippen LogP contribution in [0.25, 0.3) is 21.8 Å². The van der Waals surface area contributed by atoms with Crippen LogP contribution in [0.5, 0.6) is 0 Å². The quantitative estimate of drug-likeness (QED) is 0.218. The van der Waals surface area contributed by atoms with Crippen LogP contribution in [-0.2, 0) is 9.59 Å². The van der Waals surface area contributed by atoms with Crippen molar-refractivity contribution in [2.24, 2.45) is 11.7 Å². The first kappa shape index (κ1) is 45.3. The van der Waals surface area contributed by atoms with Gasteiger partial charge >= 0.3 is 5.97 Å². The molecule has 3 N–H and O–H groups in total. The van der Waals surface area contributed by atoms with Crippen molar-refractivity contribution in [2.45, 2.75) is 37.1 Å². The fraction of sp³-hybridized carbons (Fsp3) is 0.436. The highest BCUT2D eigenvalue weighted by atomic mass is 35.5. The Labute approximate surface area is 329 Å². The summed E-state index contributed by atoms with van der Waals surface area (Å²) in [6.07, 6.45) is 2.73. The minimum atomic E-state index is -2.87. The normalized spacial score (nSPS) is 18.4. The summed E-state index contributed by atoms with van der Waals surface area (Å²) >= 11 is 0. The first-order chi connectivity index (χ1) is 25.9. The number of hydrogen-bond acceptors (Lipinski definition) is 11. The Kier molecular flexibility index (Phi) is 15.9. The maximum Gasteiger partial charge on any atom is 0.317 e. The molecule has 4 heterocycles. The number of nitrogens with two attached hydrogens (primary N) is 1. The lowest BCUT2D eigenvalue weighted by atomic mass is 9.90. The van der Waals surface area contributed by atoms with Gasteiger partial charge in [-0.1, -0.05) is 0 Å². The van der Waals surface area contributed by atoms with E-state index in [2.05, 4.69) is 22.1 Å². The summed E-state index contributed by atoms with van der Waals surface area (Å²) in [7, 11) is 7.01. The van der Waals surface area contributed by atoms with Crippen molar-refractivity contribution < 1.29 is 32.3 Å². The molecule has 2 aliphatic rings. The second-order valence-electron chi connectivity index (χ2n) is 14.4. The van der Waals surface area contributed by atoms with Gasteiger partial charge in [-0.2, -0.15) is 10.5 Å². The lowest BCUT2D eigenvalue weighted by molar-refractivity contribution is -0.137. The molecule has 0 bridgehead atoms. The highest BCUT2D eigenvalue weighted by molar-refractivity contribution is 5.96. The van der Waals surface area contributed by atoms with E-state index < -0.39 is 36.3 Å². The Morgan fingerprint density at radius 3 is 1.68 bits per heavy atom. The summed E-state index contributed by atoms with van der Waals surface area (Å²) in [4.78, 5) is 36.9. The summed E-state index contributed by atoms with van der Waals surface area (Å²) in [5.41, 5.74) is 8.90. The molecule has 2 aromatic carbocycles. The van der Waals surface area contributed by atoms with Gasteiger partial charge in [-0.3, -0.25) is 24.5 Å². The third-order valence-electron chi connectivity index (χ3n) is 8.80. The van der Waals surface area contributed by atoms with Crippen LogP contribution < -0.4 is 15.5 Å². The van der Waals surface area contributed by atoms with Crippen LogP contribution in [0, 0.1) is 28.6 Å². The van der Waals surface area contributed by atoms with Crippen LogP contribution in [0.1, 0.15) is 30.4 Å². The third-order valence-corrected chi connectivity index (χ3v) is 8.80. The number of aliphatic carboxylic acids is 1. The van der Waals surface area contributed by atoms with Gasteiger partial charge in [0.05, 0.1) is 48.3 Å². The van der Waals surface area contributed by atoms with Crippen molar-refractivity contribution in [3.63, 3.8) is 0 Å².